The van der Waals surface area contributed by atoms with Crippen LogP contribution in [0.4, 0.5) is 10.8 Å². The molecule has 1 fully saturated rings. The topological polar surface area (TPSA) is 72.9 Å². The van der Waals surface area contributed by atoms with Crippen LogP contribution < -0.4 is 19.7 Å². The second-order valence-corrected chi connectivity index (χ2v) is 8.48. The van der Waals surface area contributed by atoms with Crippen molar-refractivity contribution in [3.8, 4) is 11.5 Å². The van der Waals surface area contributed by atoms with Gasteiger partial charge in [0.05, 0.1) is 41.7 Å². The Kier molecular flexibility index (Phi) is 5.37. The number of nitrogens with zero attached hydrogens (tertiary/aromatic N) is 2. The number of nitrogens with one attached hydrogen (secondary N) is 1. The van der Waals surface area contributed by atoms with E-state index in [4.69, 9.17) is 30.8 Å². The average molecular weight is 446 g/mol. The van der Waals surface area contributed by atoms with E-state index in [0.29, 0.717) is 41.0 Å². The first-order valence-corrected chi connectivity index (χ1v) is 11.0. The number of ether oxygens (including phenoxy) is 3. The van der Waals surface area contributed by atoms with E-state index >= 15 is 0 Å². The van der Waals surface area contributed by atoms with Crippen molar-refractivity contribution in [2.45, 2.75) is 6.42 Å². The maximum Gasteiger partial charge on any atom is 0.255 e. The minimum Gasteiger partial charge on any atom is -0.489 e. The molecule has 1 saturated heterocycles. The monoisotopic (exact) mass is 445 g/mol. The maximum atomic E-state index is 12.8. The molecular weight excluding hydrogens is 426 g/mol. The van der Waals surface area contributed by atoms with Crippen molar-refractivity contribution in [2.75, 3.05) is 49.7 Å². The minimum atomic E-state index is -0.259. The normalized spacial score (nSPS) is 16.4. The Bertz CT molecular complexity index is 1100. The highest BCUT2D eigenvalue weighted by molar-refractivity contribution is 7.22. The van der Waals surface area contributed by atoms with Gasteiger partial charge < -0.3 is 24.4 Å². The van der Waals surface area contributed by atoms with Crippen LogP contribution >= 0.6 is 22.9 Å². The zero-order valence-electron chi connectivity index (χ0n) is 16.2. The number of hydrogen-bond donors (Lipinski definition) is 1. The van der Waals surface area contributed by atoms with Crippen molar-refractivity contribution < 1.29 is 19.0 Å². The largest absolute Gasteiger partial charge is 0.489 e. The van der Waals surface area contributed by atoms with E-state index in [1.165, 1.54) is 0 Å². The van der Waals surface area contributed by atoms with Crippen LogP contribution in [0.2, 0.25) is 5.02 Å². The zero-order chi connectivity index (χ0) is 20.5. The van der Waals surface area contributed by atoms with Crippen molar-refractivity contribution in [3.05, 3.63) is 40.9 Å². The number of hydrogen-bond acceptors (Lipinski definition) is 7. The first-order valence-electron chi connectivity index (χ1n) is 9.81. The maximum absolute atomic E-state index is 12.8. The Morgan fingerprint density at radius 2 is 1.93 bits per heavy atom. The standard InChI is InChI=1S/C21H20ClN3O4S/c22-15-10-13(11-17-19(15)29-7-1-6-28-17)20(26)23-14-2-3-16-18(12-14)30-21(24-16)25-4-8-27-9-5-25/h2-3,10-12H,1,4-9H2,(H,23,26). The van der Waals surface area contributed by atoms with Crippen molar-refractivity contribution in [1.29, 1.82) is 0 Å². The lowest BCUT2D eigenvalue weighted by Gasteiger charge is -2.25. The number of benzene rings is 2. The molecule has 0 saturated carbocycles. The number of fused-ring (bicyclic) bond motifs is 2. The number of anilines is 2. The summed E-state index contributed by atoms with van der Waals surface area (Å²) in [6, 6.07) is 9.00. The summed E-state index contributed by atoms with van der Waals surface area (Å²) in [6.45, 7) is 4.19. The molecule has 5 rings (SSSR count). The number of carbonyl (C=O) groups excluding carboxylic acids is 1. The van der Waals surface area contributed by atoms with Gasteiger partial charge in [-0.3, -0.25) is 4.79 Å². The van der Waals surface area contributed by atoms with Crippen LogP contribution in [0.5, 0.6) is 11.5 Å². The van der Waals surface area contributed by atoms with Gasteiger partial charge in [0, 0.05) is 30.8 Å². The van der Waals surface area contributed by atoms with E-state index in [9.17, 15) is 4.79 Å². The molecule has 7 nitrogen and oxygen atoms in total. The molecule has 30 heavy (non-hydrogen) atoms. The summed E-state index contributed by atoms with van der Waals surface area (Å²) in [5.74, 6) is 0.732. The third-order valence-corrected chi connectivity index (χ3v) is 6.34. The van der Waals surface area contributed by atoms with Gasteiger partial charge in [-0.1, -0.05) is 22.9 Å². The number of carbonyl (C=O) groups is 1. The molecule has 3 heterocycles. The predicted octanol–water partition coefficient (Wildman–Crippen LogP) is 4.20. The van der Waals surface area contributed by atoms with Crippen molar-refractivity contribution >= 4 is 49.9 Å². The van der Waals surface area contributed by atoms with E-state index in [0.717, 1.165) is 48.1 Å². The molecule has 1 aromatic heterocycles. The summed E-state index contributed by atoms with van der Waals surface area (Å²) < 4.78 is 17.7. The van der Waals surface area contributed by atoms with Gasteiger partial charge in [0.1, 0.15) is 0 Å². The summed E-state index contributed by atoms with van der Waals surface area (Å²) in [6.07, 6.45) is 0.772. The molecule has 1 amide bonds. The van der Waals surface area contributed by atoms with Crippen LogP contribution in [0, 0.1) is 0 Å². The van der Waals surface area contributed by atoms with Gasteiger partial charge >= 0.3 is 0 Å². The second kappa shape index (κ2) is 8.29. The van der Waals surface area contributed by atoms with Crippen molar-refractivity contribution in [1.82, 2.24) is 4.98 Å². The lowest BCUT2D eigenvalue weighted by molar-refractivity contribution is 0.102. The van der Waals surface area contributed by atoms with Gasteiger partial charge in [0.2, 0.25) is 0 Å². The Balaban J connectivity index is 1.36. The van der Waals surface area contributed by atoms with E-state index in [-0.39, 0.29) is 5.91 Å². The quantitative estimate of drug-likeness (QED) is 0.651. The fraction of sp³-hybridized carbons (Fsp3) is 0.333. The molecule has 0 spiro atoms. The molecule has 1 N–H and O–H groups in total. The molecule has 9 heteroatoms. The smallest absolute Gasteiger partial charge is 0.255 e. The molecule has 0 bridgehead atoms. The summed E-state index contributed by atoms with van der Waals surface area (Å²) in [5.41, 5.74) is 2.04. The van der Waals surface area contributed by atoms with Gasteiger partial charge in [-0.15, -0.1) is 0 Å². The molecule has 3 aromatic rings. The van der Waals surface area contributed by atoms with E-state index in [1.54, 1.807) is 23.5 Å². The number of halogens is 1. The van der Waals surface area contributed by atoms with E-state index in [2.05, 4.69) is 10.2 Å². The SMILES string of the molecule is O=C(Nc1ccc2nc(N3CCOCC3)sc2c1)c1cc(Cl)c2c(c1)OCCCO2. The molecular formula is C21H20ClN3O4S. The second-order valence-electron chi connectivity index (χ2n) is 7.07. The van der Waals surface area contributed by atoms with Crippen LogP contribution in [0.15, 0.2) is 30.3 Å². The summed E-state index contributed by atoms with van der Waals surface area (Å²) in [5, 5.41) is 4.29. The average Bonchev–Trinajstić information content (AvgIpc) is 3.03. The number of aromatic nitrogens is 1. The highest BCUT2D eigenvalue weighted by atomic mass is 35.5. The van der Waals surface area contributed by atoms with Gasteiger partial charge in [0.15, 0.2) is 16.6 Å². The van der Waals surface area contributed by atoms with Gasteiger partial charge in [-0.2, -0.15) is 0 Å². The first-order chi connectivity index (χ1) is 14.7. The van der Waals surface area contributed by atoms with Gasteiger partial charge in [-0.25, -0.2) is 4.98 Å². The number of amides is 1. The van der Waals surface area contributed by atoms with Crippen LogP contribution in [-0.4, -0.2) is 50.4 Å². The number of thiazole rings is 1. The van der Waals surface area contributed by atoms with Crippen molar-refractivity contribution in [2.24, 2.45) is 0 Å². The first kappa shape index (κ1) is 19.4. The molecule has 2 aliphatic rings. The zero-order valence-corrected chi connectivity index (χ0v) is 17.7. The van der Waals surface area contributed by atoms with E-state index < -0.39 is 0 Å². The Morgan fingerprint density at radius 3 is 2.80 bits per heavy atom. The summed E-state index contributed by atoms with van der Waals surface area (Å²) in [7, 11) is 0. The predicted molar refractivity (Wildman–Crippen MR) is 118 cm³/mol. The molecule has 0 unspecified atom stereocenters. The van der Waals surface area contributed by atoms with Gasteiger partial charge in [0.25, 0.3) is 5.91 Å². The lowest BCUT2D eigenvalue weighted by Crippen LogP contribution is -2.36. The van der Waals surface area contributed by atoms with Crippen LogP contribution in [0.3, 0.4) is 0 Å². The fourth-order valence-corrected chi connectivity index (χ4v) is 4.77. The minimum absolute atomic E-state index is 0.259. The fourth-order valence-electron chi connectivity index (χ4n) is 3.45. The molecule has 2 aromatic carbocycles. The highest BCUT2D eigenvalue weighted by Gasteiger charge is 2.19. The summed E-state index contributed by atoms with van der Waals surface area (Å²) in [4.78, 5) is 19.8. The van der Waals surface area contributed by atoms with Crippen LogP contribution in [0.25, 0.3) is 10.2 Å². The summed E-state index contributed by atoms with van der Waals surface area (Å²) >= 11 is 7.93. The molecule has 2 aliphatic heterocycles. The number of rotatable bonds is 3. The Morgan fingerprint density at radius 1 is 1.10 bits per heavy atom. The third-order valence-electron chi connectivity index (χ3n) is 4.98. The molecule has 156 valence electrons. The Labute approximate surface area is 182 Å². The lowest BCUT2D eigenvalue weighted by atomic mass is 10.1. The molecule has 0 atom stereocenters. The Hall–Kier alpha value is -2.55. The van der Waals surface area contributed by atoms with Crippen LogP contribution in [-0.2, 0) is 4.74 Å². The van der Waals surface area contributed by atoms with E-state index in [1.807, 2.05) is 18.2 Å². The van der Waals surface area contributed by atoms with Gasteiger partial charge in [-0.05, 0) is 30.3 Å². The third kappa shape index (κ3) is 3.90. The van der Waals surface area contributed by atoms with Crippen LogP contribution in [0.1, 0.15) is 16.8 Å². The molecule has 0 aliphatic carbocycles. The molecule has 0 radical (unpaired) electrons. The highest BCUT2D eigenvalue weighted by Crippen LogP contribution is 2.38. The number of morpholine rings is 1. The van der Waals surface area contributed by atoms with Crippen molar-refractivity contribution in [3.63, 3.8) is 0 Å².